The van der Waals surface area contributed by atoms with Gasteiger partial charge in [0.05, 0.1) is 42.4 Å². The van der Waals surface area contributed by atoms with E-state index in [0.717, 1.165) is 5.57 Å². The van der Waals surface area contributed by atoms with Crippen molar-refractivity contribution >= 4 is 11.8 Å². The van der Waals surface area contributed by atoms with E-state index in [1.165, 1.54) is 14.2 Å². The van der Waals surface area contributed by atoms with Gasteiger partial charge in [0.2, 0.25) is 0 Å². The third kappa shape index (κ3) is 10.2. The molecule has 3 heterocycles. The summed E-state index contributed by atoms with van der Waals surface area (Å²) in [6.45, 7) is 24.7. The Balaban J connectivity index is 2.13. The van der Waals surface area contributed by atoms with Crippen molar-refractivity contribution in [2.75, 3.05) is 27.9 Å². The highest BCUT2D eigenvalue weighted by Gasteiger charge is 2.54. The van der Waals surface area contributed by atoms with Crippen LogP contribution in [-0.2, 0) is 47.5 Å². The van der Waals surface area contributed by atoms with Crippen LogP contribution in [0.2, 0.25) is 0 Å². The molecule has 0 spiro atoms. The Morgan fingerprint density at radius 3 is 2.22 bits per heavy atom. The zero-order chi connectivity index (χ0) is 41.1. The number of nitrogens with zero attached hydrogens (tertiary/aromatic N) is 1. The van der Waals surface area contributed by atoms with Gasteiger partial charge in [-0.2, -0.15) is 0 Å². The number of ether oxygens (including phenoxy) is 8. The molecule has 314 valence electrons. The van der Waals surface area contributed by atoms with Crippen LogP contribution in [0.5, 0.6) is 0 Å². The molecule has 2 saturated heterocycles. The Bertz CT molecular complexity index is 1290. The van der Waals surface area contributed by atoms with E-state index in [9.17, 15) is 19.8 Å². The summed E-state index contributed by atoms with van der Waals surface area (Å²) in [5, 5.41) is 22.8. The van der Waals surface area contributed by atoms with Gasteiger partial charge in [0, 0.05) is 45.1 Å². The maximum Gasteiger partial charge on any atom is 0.311 e. The molecule has 0 amide bonds. The summed E-state index contributed by atoms with van der Waals surface area (Å²) >= 11 is 0. The third-order valence-corrected chi connectivity index (χ3v) is 12.2. The lowest BCUT2D eigenvalue weighted by atomic mass is 9.79. The van der Waals surface area contributed by atoms with Crippen molar-refractivity contribution in [1.29, 1.82) is 0 Å². The minimum Gasteiger partial charge on any atom is -0.488 e. The first kappa shape index (κ1) is 46.7. The van der Waals surface area contributed by atoms with E-state index < -0.39 is 83.6 Å². The smallest absolute Gasteiger partial charge is 0.311 e. The van der Waals surface area contributed by atoms with Gasteiger partial charge in [0.25, 0.3) is 0 Å². The molecule has 0 aromatic heterocycles. The second-order valence-corrected chi connectivity index (χ2v) is 17.3. The van der Waals surface area contributed by atoms with Gasteiger partial charge >= 0.3 is 5.97 Å². The van der Waals surface area contributed by atoms with Crippen LogP contribution in [0, 0.1) is 17.8 Å². The highest BCUT2D eigenvalue weighted by atomic mass is 16.7. The number of esters is 1. The lowest BCUT2D eigenvalue weighted by Gasteiger charge is -2.49. The highest BCUT2D eigenvalue weighted by molar-refractivity contribution is 5.90. The number of hydrogen-bond acceptors (Lipinski definition) is 13. The summed E-state index contributed by atoms with van der Waals surface area (Å²) in [5.74, 6) is -2.07. The number of aliphatic hydroxyl groups excluding tert-OH is 2. The summed E-state index contributed by atoms with van der Waals surface area (Å²) in [6, 6.07) is -0.0886. The Kier molecular flexibility index (Phi) is 16.2. The van der Waals surface area contributed by atoms with Crippen molar-refractivity contribution in [3.05, 3.63) is 11.3 Å². The lowest BCUT2D eigenvalue weighted by Crippen LogP contribution is -2.61. The van der Waals surface area contributed by atoms with Crippen LogP contribution < -0.4 is 0 Å². The van der Waals surface area contributed by atoms with Crippen LogP contribution in [-0.4, -0.2) is 133 Å². The van der Waals surface area contributed by atoms with Gasteiger partial charge in [-0.25, -0.2) is 0 Å². The monoisotopic (exact) mass is 772 g/mol. The Hall–Kier alpha value is -1.68. The average molecular weight is 772 g/mol. The minimum absolute atomic E-state index is 0.131. The van der Waals surface area contributed by atoms with Crippen LogP contribution in [0.25, 0.3) is 0 Å². The van der Waals surface area contributed by atoms with Crippen molar-refractivity contribution < 1.29 is 57.7 Å². The predicted octanol–water partition coefficient (Wildman–Crippen LogP) is 5.17. The number of Topliss-reactive ketones (excluding diaryl/α,β-unsaturated/α-hetero) is 1. The molecule has 0 radical (unpaired) electrons. The van der Waals surface area contributed by atoms with Crippen LogP contribution in [0.4, 0.5) is 0 Å². The van der Waals surface area contributed by atoms with Crippen molar-refractivity contribution in [2.24, 2.45) is 17.8 Å². The van der Waals surface area contributed by atoms with E-state index in [0.29, 0.717) is 25.0 Å². The number of hydrogen-bond donors (Lipinski definition) is 2. The van der Waals surface area contributed by atoms with Crippen LogP contribution >= 0.6 is 0 Å². The first-order valence-electron chi connectivity index (χ1n) is 19.9. The maximum absolute atomic E-state index is 13.7. The van der Waals surface area contributed by atoms with E-state index in [2.05, 4.69) is 18.7 Å². The summed E-state index contributed by atoms with van der Waals surface area (Å²) in [5.41, 5.74) is -2.23. The highest BCUT2D eigenvalue weighted by Crippen LogP contribution is 2.46. The summed E-state index contributed by atoms with van der Waals surface area (Å²) in [6.07, 6.45) is -4.56. The zero-order valence-electron chi connectivity index (χ0n) is 36.0. The molecule has 2 N–H and O–H groups in total. The Labute approximate surface area is 324 Å². The minimum atomic E-state index is -1.10. The molecule has 2 fully saturated rings. The number of rotatable bonds is 18. The van der Waals surface area contributed by atoms with E-state index in [1.54, 1.807) is 34.6 Å². The largest absolute Gasteiger partial charge is 0.488 e. The number of likely N-dealkylation sites (N-methyl/N-ethyl adjacent to an activating group) is 1. The normalized spacial score (nSPS) is 35.1. The number of carbonyl (C=O) groups is 2. The molecular formula is C41H73NO12. The van der Waals surface area contributed by atoms with Crippen LogP contribution in [0.15, 0.2) is 11.3 Å². The summed E-state index contributed by atoms with van der Waals surface area (Å²) in [4.78, 5) is 29.4. The molecule has 3 aliphatic heterocycles. The fourth-order valence-electron chi connectivity index (χ4n) is 8.35. The predicted molar refractivity (Wildman–Crippen MR) is 203 cm³/mol. The topological polar surface area (TPSA) is 152 Å². The number of methoxy groups -OCH3 is 2. The molecule has 3 rings (SSSR count). The summed E-state index contributed by atoms with van der Waals surface area (Å²) < 4.78 is 50.2. The Morgan fingerprint density at radius 2 is 1.67 bits per heavy atom. The second-order valence-electron chi connectivity index (χ2n) is 17.3. The molecule has 0 unspecified atom stereocenters. The number of ketones is 1. The SMILES string of the molecule is CCCOC(=O)[C@H](C)[C@@H](O[C@H]1C[C@@](C)(OC)[C@@H](O)[C@H](C)O1)[C@H](C)[C@@H](O[C@@H]1O[C@H](C)C[C@H](N(C)C(C)C)[C@H]1O)[C@@]1(C)CC(C)=C([C@H](C)C(=O)C(C)(C)OC)O1. The van der Waals surface area contributed by atoms with E-state index in [-0.39, 0.29) is 37.0 Å². The maximum atomic E-state index is 13.7. The second kappa shape index (κ2) is 18.7. The van der Waals surface area contributed by atoms with Gasteiger partial charge in [-0.15, -0.1) is 0 Å². The van der Waals surface area contributed by atoms with Gasteiger partial charge < -0.3 is 48.1 Å². The molecular weight excluding hydrogens is 698 g/mol. The molecule has 14 atom stereocenters. The summed E-state index contributed by atoms with van der Waals surface area (Å²) in [7, 11) is 5.03. The molecule has 3 aliphatic rings. The van der Waals surface area contributed by atoms with Crippen LogP contribution in [0.3, 0.4) is 0 Å². The molecule has 13 heteroatoms. The van der Waals surface area contributed by atoms with E-state index in [1.807, 2.05) is 48.6 Å². The van der Waals surface area contributed by atoms with Crippen molar-refractivity contribution in [3.63, 3.8) is 0 Å². The van der Waals surface area contributed by atoms with Gasteiger partial charge in [-0.1, -0.05) is 13.8 Å². The fraction of sp³-hybridized carbons (Fsp3) is 0.902. The van der Waals surface area contributed by atoms with Gasteiger partial charge in [0.1, 0.15) is 35.3 Å². The number of aliphatic hydroxyl groups is 2. The van der Waals surface area contributed by atoms with E-state index >= 15 is 0 Å². The fourth-order valence-corrected chi connectivity index (χ4v) is 8.35. The third-order valence-electron chi connectivity index (χ3n) is 12.2. The molecule has 0 saturated carbocycles. The van der Waals surface area contributed by atoms with Gasteiger partial charge in [-0.3, -0.25) is 14.5 Å². The van der Waals surface area contributed by atoms with Gasteiger partial charge in [0.15, 0.2) is 18.4 Å². The molecule has 0 aromatic rings. The number of carbonyl (C=O) groups excluding carboxylic acids is 2. The first-order valence-corrected chi connectivity index (χ1v) is 19.9. The number of allylic oxidation sites excluding steroid dienone is 1. The molecule has 0 aromatic carbocycles. The van der Waals surface area contributed by atoms with Gasteiger partial charge in [-0.05, 0) is 102 Å². The molecule has 0 bridgehead atoms. The molecule has 54 heavy (non-hydrogen) atoms. The van der Waals surface area contributed by atoms with Crippen molar-refractivity contribution in [2.45, 2.75) is 194 Å². The lowest BCUT2D eigenvalue weighted by molar-refractivity contribution is -0.317. The van der Waals surface area contributed by atoms with Crippen LogP contribution in [0.1, 0.15) is 116 Å². The quantitative estimate of drug-likeness (QED) is 0.177. The molecule has 13 nitrogen and oxygen atoms in total. The molecule has 0 aliphatic carbocycles. The van der Waals surface area contributed by atoms with Crippen molar-refractivity contribution in [3.8, 4) is 0 Å². The first-order chi connectivity index (χ1) is 25.0. The van der Waals surface area contributed by atoms with E-state index in [4.69, 9.17) is 37.9 Å². The standard InChI is InChI=1S/C41H73NO12/c1-17-18-49-37(46)27(8)33(52-30-21-40(12,48-16)35(45)28(9)51-30)26(7)36(53-38-31(43)29(19-24(5)50-38)42(14)22(2)3)41(13)20-23(4)32(54-41)25(6)34(44)39(10,11)47-15/h22,24-31,33,35-36,38,43,45H,17-21H2,1-16H3/t24-,25+,26+,27-,28+,29+,30+,31-,33+,35+,36-,38+,40-,41-/m1/s1. The zero-order valence-corrected chi connectivity index (χ0v) is 36.0. The Morgan fingerprint density at radius 1 is 1.04 bits per heavy atom. The average Bonchev–Trinajstić information content (AvgIpc) is 3.44. The van der Waals surface area contributed by atoms with Crippen molar-refractivity contribution in [1.82, 2.24) is 4.90 Å².